The summed E-state index contributed by atoms with van der Waals surface area (Å²) >= 11 is 5.89. The van der Waals surface area contributed by atoms with E-state index in [1.165, 1.54) is 0 Å². The summed E-state index contributed by atoms with van der Waals surface area (Å²) in [7, 11) is 0. The summed E-state index contributed by atoms with van der Waals surface area (Å²) in [6, 6.07) is 7.40. The van der Waals surface area contributed by atoms with Gasteiger partial charge < -0.3 is 4.57 Å². The Bertz CT molecular complexity index is 548. The molecule has 0 amide bonds. The first-order valence-corrected chi connectivity index (χ1v) is 6.33. The molecule has 3 nitrogen and oxygen atoms in total. The van der Waals surface area contributed by atoms with Gasteiger partial charge in [-0.15, -0.1) is 0 Å². The third kappa shape index (κ3) is 3.20. The summed E-state index contributed by atoms with van der Waals surface area (Å²) < 4.78 is 1.98. The molecule has 1 heterocycles. The van der Waals surface area contributed by atoms with Crippen molar-refractivity contribution in [2.24, 2.45) is 0 Å². The van der Waals surface area contributed by atoms with E-state index in [9.17, 15) is 4.79 Å². The first-order chi connectivity index (χ1) is 8.69. The summed E-state index contributed by atoms with van der Waals surface area (Å²) in [6.07, 6.45) is 4.39. The van der Waals surface area contributed by atoms with Crippen molar-refractivity contribution in [1.29, 1.82) is 0 Å². The van der Waals surface area contributed by atoms with E-state index in [1.807, 2.05) is 35.9 Å². The lowest BCUT2D eigenvalue weighted by Crippen LogP contribution is -2.11. The predicted molar refractivity (Wildman–Crippen MR) is 71.8 cm³/mol. The van der Waals surface area contributed by atoms with E-state index in [0.717, 1.165) is 17.9 Å². The minimum atomic E-state index is 0.151. The Kier molecular flexibility index (Phi) is 4.15. The van der Waals surface area contributed by atoms with Crippen molar-refractivity contribution in [1.82, 2.24) is 9.55 Å². The van der Waals surface area contributed by atoms with Gasteiger partial charge in [0.15, 0.2) is 0 Å². The lowest BCUT2D eigenvalue weighted by atomic mass is 10.1. The minimum absolute atomic E-state index is 0.151. The Hall–Kier alpha value is -1.61. The predicted octanol–water partition coefficient (Wildman–Crippen LogP) is 2.91. The van der Waals surface area contributed by atoms with Crippen LogP contribution in [0.3, 0.4) is 0 Å². The molecule has 4 heteroatoms. The van der Waals surface area contributed by atoms with Crippen LogP contribution in [0.25, 0.3) is 0 Å². The van der Waals surface area contributed by atoms with Crippen LogP contribution >= 0.6 is 11.6 Å². The fourth-order valence-corrected chi connectivity index (χ4v) is 2.12. The number of hydrogen-bond acceptors (Lipinski definition) is 2. The molecule has 0 saturated heterocycles. The molecule has 0 atom stereocenters. The standard InChI is InChI=1S/C14H15ClN2O/c1-2-17-7-6-16-14(17)10-13(18)9-11-4-3-5-12(15)8-11/h3-8H,2,9-10H2,1H3. The van der Waals surface area contributed by atoms with Gasteiger partial charge in [0.1, 0.15) is 11.6 Å². The largest absolute Gasteiger partial charge is 0.335 e. The fourth-order valence-electron chi connectivity index (χ4n) is 1.91. The molecule has 0 aliphatic heterocycles. The van der Waals surface area contributed by atoms with Crippen molar-refractivity contribution in [3.63, 3.8) is 0 Å². The van der Waals surface area contributed by atoms with Gasteiger partial charge >= 0.3 is 0 Å². The molecule has 94 valence electrons. The maximum Gasteiger partial charge on any atom is 0.144 e. The number of halogens is 1. The van der Waals surface area contributed by atoms with Gasteiger partial charge in [0, 0.05) is 30.4 Å². The highest BCUT2D eigenvalue weighted by Crippen LogP contribution is 2.12. The van der Waals surface area contributed by atoms with Crippen LogP contribution in [-0.4, -0.2) is 15.3 Å². The highest BCUT2D eigenvalue weighted by molar-refractivity contribution is 6.30. The molecule has 0 N–H and O–H groups in total. The zero-order chi connectivity index (χ0) is 13.0. The molecule has 0 aliphatic carbocycles. The van der Waals surface area contributed by atoms with Crippen LogP contribution in [0.5, 0.6) is 0 Å². The zero-order valence-corrected chi connectivity index (χ0v) is 11.0. The molecule has 0 bridgehead atoms. The highest BCUT2D eigenvalue weighted by atomic mass is 35.5. The van der Waals surface area contributed by atoms with Gasteiger partial charge in [-0.05, 0) is 24.6 Å². The van der Waals surface area contributed by atoms with Gasteiger partial charge in [0.25, 0.3) is 0 Å². The number of imidazole rings is 1. The van der Waals surface area contributed by atoms with Crippen molar-refractivity contribution in [3.8, 4) is 0 Å². The van der Waals surface area contributed by atoms with Crippen LogP contribution in [0.15, 0.2) is 36.7 Å². The lowest BCUT2D eigenvalue weighted by Gasteiger charge is -2.04. The topological polar surface area (TPSA) is 34.9 Å². The summed E-state index contributed by atoms with van der Waals surface area (Å²) in [6.45, 7) is 2.87. The number of aromatic nitrogens is 2. The summed E-state index contributed by atoms with van der Waals surface area (Å²) in [4.78, 5) is 16.2. The number of benzene rings is 1. The molecule has 18 heavy (non-hydrogen) atoms. The fraction of sp³-hybridized carbons (Fsp3) is 0.286. The molecule has 1 aromatic heterocycles. The molecule has 0 radical (unpaired) electrons. The smallest absolute Gasteiger partial charge is 0.144 e. The van der Waals surface area contributed by atoms with Crippen LogP contribution in [0.4, 0.5) is 0 Å². The van der Waals surface area contributed by atoms with Crippen molar-refractivity contribution < 1.29 is 4.79 Å². The maximum absolute atomic E-state index is 12.0. The second-order valence-corrected chi connectivity index (χ2v) is 4.59. The third-order valence-corrected chi connectivity index (χ3v) is 3.02. The normalized spacial score (nSPS) is 10.6. The SMILES string of the molecule is CCn1ccnc1CC(=O)Cc1cccc(Cl)c1. The molecule has 2 rings (SSSR count). The van der Waals surface area contributed by atoms with Crippen LogP contribution in [0, 0.1) is 0 Å². The Balaban J connectivity index is 2.01. The van der Waals surface area contributed by atoms with Gasteiger partial charge in [0.2, 0.25) is 0 Å². The van der Waals surface area contributed by atoms with Gasteiger partial charge in [-0.3, -0.25) is 4.79 Å². The Morgan fingerprint density at radius 2 is 2.22 bits per heavy atom. The molecule has 0 unspecified atom stereocenters. The van der Waals surface area contributed by atoms with Crippen molar-refractivity contribution in [2.75, 3.05) is 0 Å². The number of ketones is 1. The minimum Gasteiger partial charge on any atom is -0.335 e. The first kappa shape index (κ1) is 12.8. The average molecular weight is 263 g/mol. The zero-order valence-electron chi connectivity index (χ0n) is 10.3. The molecule has 0 spiro atoms. The quantitative estimate of drug-likeness (QED) is 0.830. The summed E-state index contributed by atoms with van der Waals surface area (Å²) in [5.74, 6) is 0.975. The molecule has 0 aliphatic rings. The van der Waals surface area contributed by atoms with Crippen LogP contribution < -0.4 is 0 Å². The van der Waals surface area contributed by atoms with E-state index in [4.69, 9.17) is 11.6 Å². The number of carbonyl (C=O) groups is 1. The van der Waals surface area contributed by atoms with Crippen molar-refractivity contribution >= 4 is 17.4 Å². The molecule has 2 aromatic rings. The summed E-state index contributed by atoms with van der Waals surface area (Å²) in [5, 5.41) is 0.662. The Morgan fingerprint density at radius 1 is 1.39 bits per heavy atom. The van der Waals surface area contributed by atoms with Crippen LogP contribution in [0.2, 0.25) is 5.02 Å². The average Bonchev–Trinajstić information content (AvgIpc) is 2.76. The van der Waals surface area contributed by atoms with Gasteiger partial charge in [0.05, 0.1) is 6.42 Å². The van der Waals surface area contributed by atoms with Gasteiger partial charge in [-0.1, -0.05) is 23.7 Å². The first-order valence-electron chi connectivity index (χ1n) is 5.95. The van der Waals surface area contributed by atoms with Crippen LogP contribution in [-0.2, 0) is 24.2 Å². The Morgan fingerprint density at radius 3 is 2.94 bits per heavy atom. The number of aryl methyl sites for hydroxylation is 1. The van der Waals surface area contributed by atoms with Crippen molar-refractivity contribution in [3.05, 3.63) is 53.1 Å². The van der Waals surface area contributed by atoms with E-state index in [0.29, 0.717) is 17.9 Å². The maximum atomic E-state index is 12.0. The monoisotopic (exact) mass is 262 g/mol. The van der Waals surface area contributed by atoms with Gasteiger partial charge in [-0.25, -0.2) is 4.98 Å². The number of Topliss-reactive ketones (excluding diaryl/α,β-unsaturated/α-hetero) is 1. The van der Waals surface area contributed by atoms with E-state index in [2.05, 4.69) is 4.98 Å². The van der Waals surface area contributed by atoms with E-state index in [1.54, 1.807) is 12.3 Å². The second-order valence-electron chi connectivity index (χ2n) is 4.15. The highest BCUT2D eigenvalue weighted by Gasteiger charge is 2.09. The molecular weight excluding hydrogens is 248 g/mol. The number of hydrogen-bond donors (Lipinski definition) is 0. The van der Waals surface area contributed by atoms with E-state index < -0.39 is 0 Å². The summed E-state index contributed by atoms with van der Waals surface area (Å²) in [5.41, 5.74) is 0.946. The molecular formula is C14H15ClN2O. The van der Waals surface area contributed by atoms with Gasteiger partial charge in [-0.2, -0.15) is 0 Å². The lowest BCUT2D eigenvalue weighted by molar-refractivity contribution is -0.117. The molecule has 0 fully saturated rings. The molecule has 0 saturated carbocycles. The number of rotatable bonds is 5. The van der Waals surface area contributed by atoms with Crippen LogP contribution in [0.1, 0.15) is 18.3 Å². The van der Waals surface area contributed by atoms with Crippen molar-refractivity contribution in [2.45, 2.75) is 26.3 Å². The number of nitrogens with zero attached hydrogens (tertiary/aromatic N) is 2. The van der Waals surface area contributed by atoms with E-state index in [-0.39, 0.29) is 5.78 Å². The van der Waals surface area contributed by atoms with E-state index >= 15 is 0 Å². The number of carbonyl (C=O) groups excluding carboxylic acids is 1. The Labute approximate surface area is 111 Å². The second kappa shape index (κ2) is 5.83. The molecule has 1 aromatic carbocycles. The third-order valence-electron chi connectivity index (χ3n) is 2.79.